The van der Waals surface area contributed by atoms with Crippen LogP contribution in [0, 0.1) is 6.92 Å². The monoisotopic (exact) mass is 413 g/mol. The molecule has 2 aromatic rings. The average Bonchev–Trinajstić information content (AvgIpc) is 3.01. The van der Waals surface area contributed by atoms with Gasteiger partial charge in [-0.1, -0.05) is 12.1 Å². The Morgan fingerprint density at radius 2 is 1.74 bits per heavy atom. The van der Waals surface area contributed by atoms with Crippen LogP contribution in [0.1, 0.15) is 21.7 Å². The van der Waals surface area contributed by atoms with Crippen molar-refractivity contribution in [1.29, 1.82) is 0 Å². The van der Waals surface area contributed by atoms with E-state index in [0.717, 1.165) is 5.56 Å². The summed E-state index contributed by atoms with van der Waals surface area (Å²) < 4.78 is 28.5. The Morgan fingerprint density at radius 3 is 2.22 bits per heavy atom. The SMILES string of the molecule is Cc1nc(S(=O)(=O)N2CCN(C(=O)c3ccc(CN)cc3)CC2)cn1C.Cl. The number of amides is 1. The van der Waals surface area contributed by atoms with E-state index >= 15 is 0 Å². The van der Waals surface area contributed by atoms with Gasteiger partial charge in [0.1, 0.15) is 5.82 Å². The van der Waals surface area contributed by atoms with Crippen molar-refractivity contribution >= 4 is 28.3 Å². The van der Waals surface area contributed by atoms with Crippen LogP contribution in [0.15, 0.2) is 35.5 Å². The van der Waals surface area contributed by atoms with Gasteiger partial charge in [-0.25, -0.2) is 13.4 Å². The molecule has 0 saturated carbocycles. The molecule has 10 heteroatoms. The number of halogens is 1. The van der Waals surface area contributed by atoms with E-state index in [2.05, 4.69) is 4.98 Å². The fraction of sp³-hybridized carbons (Fsp3) is 0.412. The molecular formula is C17H24ClN5O3S. The highest BCUT2D eigenvalue weighted by Gasteiger charge is 2.32. The average molecular weight is 414 g/mol. The Balaban J connectivity index is 0.00000261. The maximum atomic E-state index is 12.7. The third-order valence-corrected chi connectivity index (χ3v) is 6.42. The van der Waals surface area contributed by atoms with Gasteiger partial charge in [0, 0.05) is 51.5 Å². The zero-order valence-corrected chi connectivity index (χ0v) is 17.0. The van der Waals surface area contributed by atoms with Crippen LogP contribution < -0.4 is 5.73 Å². The minimum atomic E-state index is -3.64. The molecule has 0 unspecified atom stereocenters. The topological polar surface area (TPSA) is 102 Å². The molecule has 0 atom stereocenters. The number of piperazine rings is 1. The number of carbonyl (C=O) groups excluding carboxylic acids is 1. The number of imidazole rings is 1. The van der Waals surface area contributed by atoms with Gasteiger partial charge >= 0.3 is 0 Å². The van der Waals surface area contributed by atoms with E-state index in [-0.39, 0.29) is 36.4 Å². The Labute approximate surface area is 165 Å². The molecule has 148 valence electrons. The van der Waals surface area contributed by atoms with E-state index in [4.69, 9.17) is 5.73 Å². The van der Waals surface area contributed by atoms with E-state index in [1.807, 2.05) is 12.1 Å². The molecule has 3 rings (SSSR count). The number of rotatable bonds is 4. The number of nitrogens with zero attached hydrogens (tertiary/aromatic N) is 4. The molecule has 0 bridgehead atoms. The van der Waals surface area contributed by atoms with Crippen molar-refractivity contribution in [1.82, 2.24) is 18.8 Å². The molecule has 0 radical (unpaired) electrons. The van der Waals surface area contributed by atoms with Crippen LogP contribution in [0.3, 0.4) is 0 Å². The second-order valence-corrected chi connectivity index (χ2v) is 8.22. The van der Waals surface area contributed by atoms with Crippen molar-refractivity contribution in [2.75, 3.05) is 26.2 Å². The van der Waals surface area contributed by atoms with Crippen molar-refractivity contribution in [3.63, 3.8) is 0 Å². The van der Waals surface area contributed by atoms with Crippen molar-refractivity contribution in [2.24, 2.45) is 12.8 Å². The third-order valence-electron chi connectivity index (χ3n) is 4.65. The van der Waals surface area contributed by atoms with Crippen LogP contribution in [0.5, 0.6) is 0 Å². The Bertz CT molecular complexity index is 884. The van der Waals surface area contributed by atoms with Crippen molar-refractivity contribution < 1.29 is 13.2 Å². The van der Waals surface area contributed by atoms with Gasteiger partial charge < -0.3 is 15.2 Å². The first-order chi connectivity index (χ1) is 12.3. The summed E-state index contributed by atoms with van der Waals surface area (Å²) in [4.78, 5) is 18.4. The second kappa shape index (κ2) is 8.39. The van der Waals surface area contributed by atoms with Crippen LogP contribution in [-0.2, 0) is 23.6 Å². The Kier molecular flexibility index (Phi) is 6.63. The summed E-state index contributed by atoms with van der Waals surface area (Å²) in [5.41, 5.74) is 7.11. The summed E-state index contributed by atoms with van der Waals surface area (Å²) in [6, 6.07) is 7.17. The summed E-state index contributed by atoms with van der Waals surface area (Å²) in [6.45, 7) is 3.39. The molecule has 8 nitrogen and oxygen atoms in total. The summed E-state index contributed by atoms with van der Waals surface area (Å²) in [5.74, 6) is 0.539. The first kappa shape index (κ1) is 21.4. The van der Waals surface area contributed by atoms with Gasteiger partial charge in [-0.05, 0) is 24.6 Å². The van der Waals surface area contributed by atoms with Crippen molar-refractivity contribution in [3.05, 3.63) is 47.4 Å². The lowest BCUT2D eigenvalue weighted by molar-refractivity contribution is 0.0698. The van der Waals surface area contributed by atoms with E-state index in [1.54, 1.807) is 35.6 Å². The van der Waals surface area contributed by atoms with E-state index in [0.29, 0.717) is 31.0 Å². The lowest BCUT2D eigenvalue weighted by Gasteiger charge is -2.33. The van der Waals surface area contributed by atoms with Crippen molar-refractivity contribution in [2.45, 2.75) is 18.5 Å². The molecule has 27 heavy (non-hydrogen) atoms. The normalized spacial score (nSPS) is 15.4. The third kappa shape index (κ3) is 4.32. The second-order valence-electron chi connectivity index (χ2n) is 6.33. The first-order valence-electron chi connectivity index (χ1n) is 8.41. The van der Waals surface area contributed by atoms with Gasteiger partial charge in [0.25, 0.3) is 15.9 Å². The van der Waals surface area contributed by atoms with Gasteiger partial charge in [-0.3, -0.25) is 4.79 Å². The summed E-state index contributed by atoms with van der Waals surface area (Å²) in [6.07, 6.45) is 1.52. The maximum absolute atomic E-state index is 12.7. The molecule has 0 spiro atoms. The van der Waals surface area contributed by atoms with Crippen molar-refractivity contribution in [3.8, 4) is 0 Å². The highest BCUT2D eigenvalue weighted by molar-refractivity contribution is 7.89. The molecular weight excluding hydrogens is 390 g/mol. The minimum Gasteiger partial charge on any atom is -0.337 e. The molecule has 1 amide bonds. The number of hydrogen-bond donors (Lipinski definition) is 1. The van der Waals surface area contributed by atoms with Gasteiger partial charge in [0.05, 0.1) is 0 Å². The van der Waals surface area contributed by atoms with Gasteiger partial charge in [-0.2, -0.15) is 4.31 Å². The molecule has 1 aliphatic heterocycles. The quantitative estimate of drug-likeness (QED) is 0.797. The molecule has 1 aliphatic rings. The van der Waals surface area contributed by atoms with E-state index < -0.39 is 10.0 Å². The number of nitrogens with two attached hydrogens (primary N) is 1. The number of aryl methyl sites for hydroxylation is 2. The zero-order chi connectivity index (χ0) is 18.9. The highest BCUT2D eigenvalue weighted by atomic mass is 35.5. The lowest BCUT2D eigenvalue weighted by atomic mass is 10.1. The summed E-state index contributed by atoms with van der Waals surface area (Å²) >= 11 is 0. The summed E-state index contributed by atoms with van der Waals surface area (Å²) in [5, 5.41) is 0.0506. The molecule has 1 aromatic carbocycles. The van der Waals surface area contributed by atoms with Gasteiger partial charge in [-0.15, -0.1) is 12.4 Å². The number of aromatic nitrogens is 2. The van der Waals surface area contributed by atoms with E-state index in [1.165, 1.54) is 10.5 Å². The van der Waals surface area contributed by atoms with Crippen LogP contribution in [-0.4, -0.2) is 59.3 Å². The van der Waals surface area contributed by atoms with E-state index in [9.17, 15) is 13.2 Å². The van der Waals surface area contributed by atoms with Gasteiger partial charge in [0.2, 0.25) is 0 Å². The van der Waals surface area contributed by atoms with Crippen LogP contribution >= 0.6 is 12.4 Å². The van der Waals surface area contributed by atoms with Crippen LogP contribution in [0.2, 0.25) is 0 Å². The molecule has 1 saturated heterocycles. The Morgan fingerprint density at radius 1 is 1.15 bits per heavy atom. The van der Waals surface area contributed by atoms with Gasteiger partial charge in [0.15, 0.2) is 5.03 Å². The maximum Gasteiger partial charge on any atom is 0.262 e. The zero-order valence-electron chi connectivity index (χ0n) is 15.3. The largest absolute Gasteiger partial charge is 0.337 e. The molecule has 1 aromatic heterocycles. The lowest BCUT2D eigenvalue weighted by Crippen LogP contribution is -2.50. The predicted octanol–water partition coefficient (Wildman–Crippen LogP) is 0.756. The Hall–Kier alpha value is -1.94. The number of benzene rings is 1. The molecule has 2 heterocycles. The molecule has 0 aliphatic carbocycles. The molecule has 2 N–H and O–H groups in total. The first-order valence-corrected chi connectivity index (χ1v) is 9.85. The minimum absolute atomic E-state index is 0. The predicted molar refractivity (Wildman–Crippen MR) is 104 cm³/mol. The molecule has 1 fully saturated rings. The fourth-order valence-electron chi connectivity index (χ4n) is 2.88. The van der Waals surface area contributed by atoms with Crippen LogP contribution in [0.4, 0.5) is 0 Å². The highest BCUT2D eigenvalue weighted by Crippen LogP contribution is 2.18. The van der Waals surface area contributed by atoms with Crippen LogP contribution in [0.25, 0.3) is 0 Å². The number of sulfonamides is 1. The standard InChI is InChI=1S/C17H23N5O3S.ClH/c1-13-19-16(12-20(13)2)26(24,25)22-9-7-21(8-10-22)17(23)15-5-3-14(11-18)4-6-15;/h3-6,12H,7-11,18H2,1-2H3;1H. The summed E-state index contributed by atoms with van der Waals surface area (Å²) in [7, 11) is -1.88. The fourth-order valence-corrected chi connectivity index (χ4v) is 4.33. The number of carbonyl (C=O) groups is 1. The number of hydrogen-bond acceptors (Lipinski definition) is 5. The smallest absolute Gasteiger partial charge is 0.262 e.